The standard InChI is InChI=1S/C20H22N2O5S/c1-12-11-16(14(3)28-12)17(23)9-10-18(24)27-13(2)19(25)21-22-20(26)15-7-5-4-6-8-15/h4-8,11,13H,9-10H2,1-3H3,(H,21,25)(H,22,26)/t13-/m0/s1. The fraction of sp³-hybridized carbons (Fsp3) is 0.300. The molecule has 1 heterocycles. The van der Waals surface area contributed by atoms with Crippen molar-refractivity contribution in [3.05, 3.63) is 57.3 Å². The molecule has 8 heteroatoms. The lowest BCUT2D eigenvalue weighted by atomic mass is 10.1. The van der Waals surface area contributed by atoms with Gasteiger partial charge in [-0.15, -0.1) is 11.3 Å². The lowest BCUT2D eigenvalue weighted by Gasteiger charge is -2.14. The Morgan fingerprint density at radius 1 is 1.04 bits per heavy atom. The summed E-state index contributed by atoms with van der Waals surface area (Å²) in [5, 5.41) is 0. The van der Waals surface area contributed by atoms with Crippen LogP contribution in [0.2, 0.25) is 0 Å². The molecule has 0 aliphatic rings. The Hall–Kier alpha value is -3.00. The Kier molecular flexibility index (Phi) is 7.45. The maximum atomic E-state index is 12.2. The molecule has 0 saturated heterocycles. The molecule has 0 aliphatic heterocycles. The van der Waals surface area contributed by atoms with E-state index in [-0.39, 0.29) is 18.6 Å². The van der Waals surface area contributed by atoms with Crippen molar-refractivity contribution in [1.29, 1.82) is 0 Å². The van der Waals surface area contributed by atoms with Gasteiger partial charge in [-0.1, -0.05) is 18.2 Å². The number of amides is 2. The van der Waals surface area contributed by atoms with Crippen molar-refractivity contribution in [2.75, 3.05) is 0 Å². The first-order valence-corrected chi connectivity index (χ1v) is 9.54. The van der Waals surface area contributed by atoms with Gasteiger partial charge in [0, 0.05) is 27.3 Å². The lowest BCUT2D eigenvalue weighted by Crippen LogP contribution is -2.46. The Morgan fingerprint density at radius 2 is 1.71 bits per heavy atom. The zero-order valence-corrected chi connectivity index (χ0v) is 16.7. The SMILES string of the molecule is Cc1cc(C(=O)CCC(=O)O[C@@H](C)C(=O)NNC(=O)c2ccccc2)c(C)s1. The van der Waals surface area contributed by atoms with Gasteiger partial charge in [0.25, 0.3) is 11.8 Å². The molecule has 1 aromatic carbocycles. The van der Waals surface area contributed by atoms with E-state index in [1.165, 1.54) is 18.3 Å². The molecular formula is C20H22N2O5S. The highest BCUT2D eigenvalue weighted by molar-refractivity contribution is 7.12. The zero-order valence-electron chi connectivity index (χ0n) is 15.9. The number of rotatable bonds is 7. The first-order valence-electron chi connectivity index (χ1n) is 8.73. The highest BCUT2D eigenvalue weighted by Crippen LogP contribution is 2.22. The van der Waals surface area contributed by atoms with E-state index in [1.54, 1.807) is 36.4 Å². The van der Waals surface area contributed by atoms with Crippen LogP contribution in [0.25, 0.3) is 0 Å². The van der Waals surface area contributed by atoms with Gasteiger partial charge in [-0.3, -0.25) is 30.0 Å². The molecule has 1 atom stereocenters. The van der Waals surface area contributed by atoms with Gasteiger partial charge in [0.15, 0.2) is 11.9 Å². The van der Waals surface area contributed by atoms with Crippen LogP contribution in [0.15, 0.2) is 36.4 Å². The average Bonchev–Trinajstić information content (AvgIpc) is 3.02. The number of carbonyl (C=O) groups is 4. The monoisotopic (exact) mass is 402 g/mol. The van der Waals surface area contributed by atoms with E-state index >= 15 is 0 Å². The zero-order chi connectivity index (χ0) is 20.7. The number of ketones is 1. The average molecular weight is 402 g/mol. The van der Waals surface area contributed by atoms with Crippen molar-refractivity contribution in [2.45, 2.75) is 39.7 Å². The van der Waals surface area contributed by atoms with Gasteiger partial charge >= 0.3 is 5.97 Å². The molecule has 2 amide bonds. The second-order valence-electron chi connectivity index (χ2n) is 6.19. The third kappa shape index (κ3) is 6.02. The minimum atomic E-state index is -1.11. The molecular weight excluding hydrogens is 380 g/mol. The topological polar surface area (TPSA) is 102 Å². The van der Waals surface area contributed by atoms with Crippen molar-refractivity contribution in [3.63, 3.8) is 0 Å². The Labute approximate surface area is 167 Å². The second kappa shape index (κ2) is 9.80. The molecule has 0 spiro atoms. The highest BCUT2D eigenvalue weighted by Gasteiger charge is 2.20. The van der Waals surface area contributed by atoms with Crippen LogP contribution < -0.4 is 10.9 Å². The van der Waals surface area contributed by atoms with E-state index in [1.807, 2.05) is 13.8 Å². The number of aryl methyl sites for hydroxylation is 2. The van der Waals surface area contributed by atoms with E-state index < -0.39 is 23.9 Å². The van der Waals surface area contributed by atoms with Crippen molar-refractivity contribution in [2.24, 2.45) is 0 Å². The van der Waals surface area contributed by atoms with Gasteiger partial charge < -0.3 is 4.74 Å². The van der Waals surface area contributed by atoms with Gasteiger partial charge in [0.2, 0.25) is 0 Å². The third-order valence-corrected chi connectivity index (χ3v) is 4.88. The Morgan fingerprint density at radius 3 is 2.32 bits per heavy atom. The Balaban J connectivity index is 1.75. The van der Waals surface area contributed by atoms with Crippen LogP contribution in [-0.2, 0) is 14.3 Å². The van der Waals surface area contributed by atoms with Crippen molar-refractivity contribution in [3.8, 4) is 0 Å². The van der Waals surface area contributed by atoms with E-state index in [9.17, 15) is 19.2 Å². The predicted molar refractivity (Wildman–Crippen MR) is 105 cm³/mol. The first kappa shape index (κ1) is 21.3. The number of hydrogen-bond acceptors (Lipinski definition) is 6. The molecule has 1 aromatic heterocycles. The summed E-state index contributed by atoms with van der Waals surface area (Å²) in [7, 11) is 0. The van der Waals surface area contributed by atoms with Crippen LogP contribution in [0, 0.1) is 13.8 Å². The fourth-order valence-corrected chi connectivity index (χ4v) is 3.39. The Bertz CT molecular complexity index is 876. The van der Waals surface area contributed by atoms with Crippen molar-refractivity contribution in [1.82, 2.24) is 10.9 Å². The molecule has 2 rings (SSSR count). The number of nitrogens with one attached hydrogen (secondary N) is 2. The van der Waals surface area contributed by atoms with Crippen molar-refractivity contribution >= 4 is 34.9 Å². The number of esters is 1. The molecule has 148 valence electrons. The fourth-order valence-electron chi connectivity index (χ4n) is 2.45. The van der Waals surface area contributed by atoms with Crippen LogP contribution in [0.1, 0.15) is 50.2 Å². The number of hydrazine groups is 1. The summed E-state index contributed by atoms with van der Waals surface area (Å²) in [6, 6.07) is 10.2. The third-order valence-electron chi connectivity index (χ3n) is 3.91. The quantitative estimate of drug-likeness (QED) is 0.421. The summed E-state index contributed by atoms with van der Waals surface area (Å²) in [6.45, 7) is 5.16. The van der Waals surface area contributed by atoms with Crippen LogP contribution >= 0.6 is 11.3 Å². The minimum absolute atomic E-state index is 0.00886. The van der Waals surface area contributed by atoms with Gasteiger partial charge in [-0.25, -0.2) is 0 Å². The van der Waals surface area contributed by atoms with Crippen LogP contribution in [0.3, 0.4) is 0 Å². The van der Waals surface area contributed by atoms with E-state index in [0.29, 0.717) is 11.1 Å². The first-order chi connectivity index (χ1) is 13.3. The maximum absolute atomic E-state index is 12.2. The number of thiophene rings is 1. The summed E-state index contributed by atoms with van der Waals surface area (Å²) >= 11 is 1.53. The summed E-state index contributed by atoms with van der Waals surface area (Å²) in [5.74, 6) is -1.95. The largest absolute Gasteiger partial charge is 0.452 e. The number of benzene rings is 1. The number of ether oxygens (including phenoxy) is 1. The summed E-state index contributed by atoms with van der Waals surface area (Å²) in [6.07, 6.45) is -1.22. The number of Topliss-reactive ketones (excluding diaryl/α,β-unsaturated/α-hetero) is 1. The van der Waals surface area contributed by atoms with Crippen LogP contribution in [-0.4, -0.2) is 29.7 Å². The van der Waals surface area contributed by atoms with E-state index in [4.69, 9.17) is 4.74 Å². The van der Waals surface area contributed by atoms with E-state index in [0.717, 1.165) is 9.75 Å². The molecule has 0 radical (unpaired) electrons. The highest BCUT2D eigenvalue weighted by atomic mass is 32.1. The van der Waals surface area contributed by atoms with Gasteiger partial charge in [0.05, 0.1) is 6.42 Å². The predicted octanol–water partition coefficient (Wildman–Crippen LogP) is 2.72. The molecule has 28 heavy (non-hydrogen) atoms. The minimum Gasteiger partial charge on any atom is -0.452 e. The summed E-state index contributed by atoms with van der Waals surface area (Å²) < 4.78 is 5.02. The maximum Gasteiger partial charge on any atom is 0.307 e. The van der Waals surface area contributed by atoms with E-state index in [2.05, 4.69) is 10.9 Å². The van der Waals surface area contributed by atoms with Crippen LogP contribution in [0.5, 0.6) is 0 Å². The molecule has 0 unspecified atom stereocenters. The normalized spacial score (nSPS) is 11.4. The van der Waals surface area contributed by atoms with Crippen LogP contribution in [0.4, 0.5) is 0 Å². The summed E-state index contributed by atoms with van der Waals surface area (Å²) in [5.41, 5.74) is 5.45. The van der Waals surface area contributed by atoms with Gasteiger partial charge in [-0.2, -0.15) is 0 Å². The van der Waals surface area contributed by atoms with Crippen molar-refractivity contribution < 1.29 is 23.9 Å². The molecule has 0 aliphatic carbocycles. The summed E-state index contributed by atoms with van der Waals surface area (Å²) in [4.78, 5) is 49.9. The number of carbonyl (C=O) groups excluding carboxylic acids is 4. The van der Waals surface area contributed by atoms with Gasteiger partial charge in [-0.05, 0) is 39.0 Å². The number of hydrogen-bond donors (Lipinski definition) is 2. The lowest BCUT2D eigenvalue weighted by molar-refractivity contribution is -0.155. The molecule has 7 nitrogen and oxygen atoms in total. The molecule has 0 fully saturated rings. The van der Waals surface area contributed by atoms with Gasteiger partial charge in [0.1, 0.15) is 0 Å². The molecule has 0 saturated carbocycles. The second-order valence-corrected chi connectivity index (χ2v) is 7.65. The molecule has 2 N–H and O–H groups in total. The molecule has 0 bridgehead atoms. The smallest absolute Gasteiger partial charge is 0.307 e. The molecule has 2 aromatic rings.